The van der Waals surface area contributed by atoms with E-state index in [4.69, 9.17) is 5.73 Å². The van der Waals surface area contributed by atoms with Crippen LogP contribution in [0.25, 0.3) is 0 Å². The van der Waals surface area contributed by atoms with Crippen molar-refractivity contribution in [1.29, 1.82) is 0 Å². The second-order valence-electron chi connectivity index (χ2n) is 6.29. The van der Waals surface area contributed by atoms with Gasteiger partial charge in [-0.2, -0.15) is 0 Å². The second-order valence-corrected chi connectivity index (χ2v) is 7.15. The van der Waals surface area contributed by atoms with Gasteiger partial charge in [-0.1, -0.05) is 48.5 Å². The van der Waals surface area contributed by atoms with Crippen LogP contribution in [-0.2, 0) is 11.3 Å². The molecule has 1 aliphatic rings. The lowest BCUT2D eigenvalue weighted by Crippen LogP contribution is -2.37. The van der Waals surface area contributed by atoms with Crippen LogP contribution in [0.1, 0.15) is 38.0 Å². The number of nitrogens with zero attached hydrogens (tertiary/aromatic N) is 2. The zero-order valence-corrected chi connectivity index (χ0v) is 15.5. The van der Waals surface area contributed by atoms with Crippen LogP contribution >= 0.6 is 11.3 Å². The summed E-state index contributed by atoms with van der Waals surface area (Å²) in [6, 6.07) is 15.6. The average Bonchev–Trinajstić information content (AvgIpc) is 3.29. The number of fused-ring (bicyclic) bond motifs is 1. The summed E-state index contributed by atoms with van der Waals surface area (Å²) in [5.41, 5.74) is 7.47. The normalized spacial score (nSPS) is 13.9. The third-order valence-electron chi connectivity index (χ3n) is 4.51. The maximum atomic E-state index is 13.1. The first kappa shape index (κ1) is 17.9. The lowest BCUT2D eigenvalue weighted by Gasteiger charge is -2.27. The second kappa shape index (κ2) is 7.24. The predicted octanol–water partition coefficient (Wildman–Crippen LogP) is 2.58. The van der Waals surface area contributed by atoms with Gasteiger partial charge in [0, 0.05) is 17.5 Å². The highest BCUT2D eigenvalue weighted by atomic mass is 32.1. The number of aromatic nitrogens is 1. The molecule has 0 saturated heterocycles. The smallest absolute Gasteiger partial charge is 0.268 e. The number of hydrogen-bond acceptors (Lipinski definition) is 5. The monoisotopic (exact) mass is 392 g/mol. The summed E-state index contributed by atoms with van der Waals surface area (Å²) in [4.78, 5) is 42.8. The molecular formula is C20H16N4O3S. The van der Waals surface area contributed by atoms with E-state index in [2.05, 4.69) is 10.3 Å². The van der Waals surface area contributed by atoms with Crippen molar-refractivity contribution >= 4 is 34.2 Å². The minimum atomic E-state index is -0.831. The van der Waals surface area contributed by atoms with Crippen LogP contribution in [0.15, 0.2) is 60.0 Å². The average molecular weight is 392 g/mol. The van der Waals surface area contributed by atoms with E-state index < -0.39 is 17.9 Å². The molecule has 0 fully saturated rings. The van der Waals surface area contributed by atoms with Crippen LogP contribution in [0, 0.1) is 0 Å². The number of nitrogens with one attached hydrogen (secondary N) is 1. The van der Waals surface area contributed by atoms with Gasteiger partial charge in [-0.05, 0) is 17.2 Å². The Morgan fingerprint density at radius 3 is 2.50 bits per heavy atom. The van der Waals surface area contributed by atoms with E-state index in [0.29, 0.717) is 17.7 Å². The first-order valence-corrected chi connectivity index (χ1v) is 9.42. The fourth-order valence-electron chi connectivity index (χ4n) is 3.21. The standard InChI is InChI=1S/C20H16N4O3S/c21-17(25)15-11-28-20(22-15)23-18(26)16(12-6-2-1-3-7-12)24-10-13-8-4-5-9-14(13)19(24)27/h1-9,11,16H,10H2,(H2,21,25)(H,22,23,26). The summed E-state index contributed by atoms with van der Waals surface area (Å²) in [5, 5.41) is 4.44. The quantitative estimate of drug-likeness (QED) is 0.696. The van der Waals surface area contributed by atoms with Crippen LogP contribution in [0.3, 0.4) is 0 Å². The fourth-order valence-corrected chi connectivity index (χ4v) is 3.91. The fraction of sp³-hybridized carbons (Fsp3) is 0.100. The summed E-state index contributed by atoms with van der Waals surface area (Å²) in [6.07, 6.45) is 0. The number of carbonyl (C=O) groups excluding carboxylic acids is 3. The predicted molar refractivity (Wildman–Crippen MR) is 105 cm³/mol. The van der Waals surface area contributed by atoms with Crippen LogP contribution < -0.4 is 11.1 Å². The molecule has 2 heterocycles. The summed E-state index contributed by atoms with van der Waals surface area (Å²) < 4.78 is 0. The molecule has 28 heavy (non-hydrogen) atoms. The van der Waals surface area contributed by atoms with Crippen molar-refractivity contribution in [2.24, 2.45) is 5.73 Å². The SMILES string of the molecule is NC(=O)c1csc(NC(=O)C(c2ccccc2)N2Cc3ccccc3C2=O)n1. The van der Waals surface area contributed by atoms with Gasteiger partial charge in [-0.25, -0.2) is 4.98 Å². The molecule has 3 N–H and O–H groups in total. The molecule has 1 aliphatic heterocycles. The van der Waals surface area contributed by atoms with E-state index in [1.807, 2.05) is 30.3 Å². The highest BCUT2D eigenvalue weighted by Gasteiger charge is 2.37. The summed E-state index contributed by atoms with van der Waals surface area (Å²) in [7, 11) is 0. The maximum Gasteiger partial charge on any atom is 0.268 e. The zero-order chi connectivity index (χ0) is 19.7. The highest BCUT2D eigenvalue weighted by Crippen LogP contribution is 2.32. The van der Waals surface area contributed by atoms with E-state index in [0.717, 1.165) is 16.9 Å². The Kier molecular flexibility index (Phi) is 4.62. The van der Waals surface area contributed by atoms with Gasteiger partial charge < -0.3 is 10.6 Å². The molecule has 140 valence electrons. The van der Waals surface area contributed by atoms with Gasteiger partial charge in [0.05, 0.1) is 0 Å². The number of amides is 3. The molecular weight excluding hydrogens is 376 g/mol. The molecule has 7 nitrogen and oxygen atoms in total. The topological polar surface area (TPSA) is 105 Å². The molecule has 4 rings (SSSR count). The number of nitrogens with two attached hydrogens (primary N) is 1. The number of anilines is 1. The van der Waals surface area contributed by atoms with Crippen molar-refractivity contribution in [3.8, 4) is 0 Å². The summed E-state index contributed by atoms with van der Waals surface area (Å²) in [6.45, 7) is 0.340. The molecule has 1 atom stereocenters. The molecule has 0 bridgehead atoms. The van der Waals surface area contributed by atoms with E-state index in [1.165, 1.54) is 10.3 Å². The lowest BCUT2D eigenvalue weighted by atomic mass is 10.0. The first-order chi connectivity index (χ1) is 13.5. The Balaban J connectivity index is 1.66. The van der Waals surface area contributed by atoms with Crippen LogP contribution in [0.4, 0.5) is 5.13 Å². The molecule has 1 aromatic heterocycles. The minimum absolute atomic E-state index is 0.0845. The van der Waals surface area contributed by atoms with E-state index >= 15 is 0 Å². The molecule has 0 saturated carbocycles. The number of rotatable bonds is 5. The van der Waals surface area contributed by atoms with Crippen molar-refractivity contribution in [3.05, 3.63) is 82.4 Å². The number of carbonyl (C=O) groups is 3. The molecule has 0 aliphatic carbocycles. The zero-order valence-electron chi connectivity index (χ0n) is 14.7. The van der Waals surface area contributed by atoms with Gasteiger partial charge >= 0.3 is 0 Å². The van der Waals surface area contributed by atoms with Gasteiger partial charge in [0.15, 0.2) is 5.13 Å². The summed E-state index contributed by atoms with van der Waals surface area (Å²) >= 11 is 1.10. The number of hydrogen-bond donors (Lipinski definition) is 2. The van der Waals surface area contributed by atoms with Gasteiger partial charge in [0.25, 0.3) is 17.7 Å². The molecule has 1 unspecified atom stereocenters. The number of primary amides is 1. The molecule has 2 aromatic carbocycles. The molecule has 0 spiro atoms. The van der Waals surface area contributed by atoms with Crippen molar-refractivity contribution in [2.45, 2.75) is 12.6 Å². The Morgan fingerprint density at radius 1 is 1.11 bits per heavy atom. The molecule has 3 aromatic rings. The van der Waals surface area contributed by atoms with Crippen molar-refractivity contribution in [1.82, 2.24) is 9.88 Å². The Morgan fingerprint density at radius 2 is 1.82 bits per heavy atom. The van der Waals surface area contributed by atoms with Gasteiger partial charge in [0.1, 0.15) is 11.7 Å². The van der Waals surface area contributed by atoms with Crippen molar-refractivity contribution in [2.75, 3.05) is 5.32 Å². The van der Waals surface area contributed by atoms with Gasteiger partial charge in [0.2, 0.25) is 0 Å². The molecule has 3 amide bonds. The Bertz CT molecular complexity index is 1060. The van der Waals surface area contributed by atoms with E-state index in [-0.39, 0.29) is 16.7 Å². The minimum Gasteiger partial charge on any atom is -0.364 e. The largest absolute Gasteiger partial charge is 0.364 e. The number of benzene rings is 2. The van der Waals surface area contributed by atoms with Crippen LogP contribution in [-0.4, -0.2) is 27.6 Å². The lowest BCUT2D eigenvalue weighted by molar-refractivity contribution is -0.120. The maximum absolute atomic E-state index is 13.1. The first-order valence-electron chi connectivity index (χ1n) is 8.54. The highest BCUT2D eigenvalue weighted by molar-refractivity contribution is 7.14. The third kappa shape index (κ3) is 3.25. The summed E-state index contributed by atoms with van der Waals surface area (Å²) in [5.74, 6) is -1.27. The molecule has 0 radical (unpaired) electrons. The van der Waals surface area contributed by atoms with Crippen molar-refractivity contribution in [3.63, 3.8) is 0 Å². The van der Waals surface area contributed by atoms with Gasteiger partial charge in [-0.3, -0.25) is 19.7 Å². The van der Waals surface area contributed by atoms with Gasteiger partial charge in [-0.15, -0.1) is 11.3 Å². The third-order valence-corrected chi connectivity index (χ3v) is 5.27. The Hall–Kier alpha value is -3.52. The molecule has 8 heteroatoms. The number of thiazole rings is 1. The van der Waals surface area contributed by atoms with Crippen LogP contribution in [0.2, 0.25) is 0 Å². The van der Waals surface area contributed by atoms with E-state index in [9.17, 15) is 14.4 Å². The van der Waals surface area contributed by atoms with E-state index in [1.54, 1.807) is 24.3 Å². The van der Waals surface area contributed by atoms with Crippen LogP contribution in [0.5, 0.6) is 0 Å². The Labute approximate surface area is 164 Å². The van der Waals surface area contributed by atoms with Crippen molar-refractivity contribution < 1.29 is 14.4 Å².